The largest absolute Gasteiger partial charge is 0.294 e. The van der Waals surface area contributed by atoms with E-state index in [1.54, 1.807) is 0 Å². The minimum absolute atomic E-state index is 0.908. The van der Waals surface area contributed by atoms with Crippen LogP contribution in [0.15, 0.2) is 134 Å². The molecule has 1 aliphatic rings. The summed E-state index contributed by atoms with van der Waals surface area (Å²) >= 11 is 0. The van der Waals surface area contributed by atoms with Gasteiger partial charge in [0.05, 0.1) is 17.6 Å². The van der Waals surface area contributed by atoms with E-state index >= 15 is 0 Å². The number of benzene rings is 4. The van der Waals surface area contributed by atoms with Gasteiger partial charge in [-0.05, 0) is 58.7 Å². The van der Waals surface area contributed by atoms with Crippen molar-refractivity contribution in [2.24, 2.45) is 0 Å². The van der Waals surface area contributed by atoms with Crippen molar-refractivity contribution in [3.8, 4) is 27.9 Å². The van der Waals surface area contributed by atoms with E-state index in [1.165, 1.54) is 11.1 Å². The van der Waals surface area contributed by atoms with Crippen molar-refractivity contribution in [1.82, 2.24) is 14.8 Å². The third-order valence-corrected chi connectivity index (χ3v) is 6.91. The molecule has 0 saturated heterocycles. The molecule has 3 heterocycles. The van der Waals surface area contributed by atoms with Gasteiger partial charge in [-0.2, -0.15) is 5.10 Å². The first-order valence-electron chi connectivity index (χ1n) is 12.7. The average molecular weight is 489 g/mol. The molecule has 1 aliphatic heterocycles. The van der Waals surface area contributed by atoms with Crippen LogP contribution >= 0.6 is 0 Å². The zero-order chi connectivity index (χ0) is 25.3. The van der Waals surface area contributed by atoms with Gasteiger partial charge in [0, 0.05) is 29.2 Å². The normalized spacial score (nSPS) is 12.1. The Morgan fingerprint density at radius 3 is 2.08 bits per heavy atom. The second-order valence-corrected chi connectivity index (χ2v) is 9.28. The smallest absolute Gasteiger partial charge is 0.144 e. The van der Waals surface area contributed by atoms with Gasteiger partial charge in [-0.25, -0.2) is 9.67 Å². The molecule has 7 rings (SSSR count). The number of aromatic nitrogens is 3. The van der Waals surface area contributed by atoms with Gasteiger partial charge in [0.25, 0.3) is 0 Å². The Labute approximate surface area is 221 Å². The summed E-state index contributed by atoms with van der Waals surface area (Å²) < 4.78 is 1.94. The lowest BCUT2D eigenvalue weighted by Gasteiger charge is -2.26. The molecule has 180 valence electrons. The number of fused-ring (bicyclic) bond motifs is 2. The Morgan fingerprint density at radius 1 is 0.526 bits per heavy atom. The molecule has 4 heteroatoms. The average Bonchev–Trinajstić information content (AvgIpc) is 3.42. The lowest BCUT2D eigenvalue weighted by atomic mass is 10.0. The first-order chi connectivity index (χ1) is 18.8. The molecule has 38 heavy (non-hydrogen) atoms. The monoisotopic (exact) mass is 488 g/mol. The molecule has 0 spiro atoms. The van der Waals surface area contributed by atoms with Crippen LogP contribution in [0.2, 0.25) is 0 Å². The maximum absolute atomic E-state index is 4.76. The minimum Gasteiger partial charge on any atom is -0.294 e. The van der Waals surface area contributed by atoms with E-state index < -0.39 is 0 Å². The first-order valence-corrected chi connectivity index (χ1v) is 12.7. The summed E-state index contributed by atoms with van der Waals surface area (Å²) in [4.78, 5) is 6.99. The summed E-state index contributed by atoms with van der Waals surface area (Å²) in [6, 6.07) is 40.0. The van der Waals surface area contributed by atoms with E-state index in [0.717, 1.165) is 45.1 Å². The van der Waals surface area contributed by atoms with Gasteiger partial charge in [-0.1, -0.05) is 91.0 Å². The highest BCUT2D eigenvalue weighted by Gasteiger charge is 2.21. The van der Waals surface area contributed by atoms with Gasteiger partial charge in [0.1, 0.15) is 5.82 Å². The Kier molecular flexibility index (Phi) is 5.41. The van der Waals surface area contributed by atoms with Crippen LogP contribution in [-0.4, -0.2) is 14.8 Å². The highest BCUT2D eigenvalue weighted by atomic mass is 15.3. The van der Waals surface area contributed by atoms with Crippen LogP contribution < -0.4 is 4.90 Å². The molecule has 2 aromatic heterocycles. The highest BCUT2D eigenvalue weighted by Crippen LogP contribution is 2.41. The maximum atomic E-state index is 4.76. The van der Waals surface area contributed by atoms with E-state index in [9.17, 15) is 0 Å². The van der Waals surface area contributed by atoms with Crippen LogP contribution in [-0.2, 0) is 0 Å². The number of hydrogen-bond acceptors (Lipinski definition) is 3. The SMILES string of the molecule is C1=Cc2cccnc2N(c2cccc(-n3cc(-c4ccc(-c5ccccc5)cc4)cn3)c2)c2ccccc21. The number of pyridine rings is 1. The van der Waals surface area contributed by atoms with E-state index in [-0.39, 0.29) is 0 Å². The molecule has 0 bridgehead atoms. The molecular formula is C34H24N4. The second kappa shape index (κ2) is 9.34. The van der Waals surface area contributed by atoms with Crippen molar-refractivity contribution in [3.63, 3.8) is 0 Å². The van der Waals surface area contributed by atoms with Crippen molar-refractivity contribution in [1.29, 1.82) is 0 Å². The Morgan fingerprint density at radius 2 is 1.21 bits per heavy atom. The third kappa shape index (κ3) is 3.98. The maximum Gasteiger partial charge on any atom is 0.144 e. The molecule has 0 amide bonds. The van der Waals surface area contributed by atoms with Crippen molar-refractivity contribution in [2.45, 2.75) is 0 Å². The van der Waals surface area contributed by atoms with Gasteiger partial charge in [-0.15, -0.1) is 0 Å². The molecular weight excluding hydrogens is 464 g/mol. The van der Waals surface area contributed by atoms with Crippen LogP contribution in [0.4, 0.5) is 17.2 Å². The predicted octanol–water partition coefficient (Wildman–Crippen LogP) is 8.55. The van der Waals surface area contributed by atoms with Crippen LogP contribution in [0.1, 0.15) is 11.1 Å². The molecule has 0 N–H and O–H groups in total. The number of anilines is 3. The number of hydrogen-bond donors (Lipinski definition) is 0. The minimum atomic E-state index is 0.908. The van der Waals surface area contributed by atoms with E-state index in [4.69, 9.17) is 10.1 Å². The molecule has 0 fully saturated rings. The quantitative estimate of drug-likeness (QED) is 0.249. The van der Waals surface area contributed by atoms with Crippen molar-refractivity contribution < 1.29 is 0 Å². The molecule has 4 nitrogen and oxygen atoms in total. The summed E-state index contributed by atoms with van der Waals surface area (Å²) in [5.41, 5.74) is 9.97. The zero-order valence-electron chi connectivity index (χ0n) is 20.6. The fraction of sp³-hybridized carbons (Fsp3) is 0. The second-order valence-electron chi connectivity index (χ2n) is 9.28. The van der Waals surface area contributed by atoms with Gasteiger partial charge >= 0.3 is 0 Å². The topological polar surface area (TPSA) is 34.0 Å². The van der Waals surface area contributed by atoms with Gasteiger partial charge < -0.3 is 0 Å². The van der Waals surface area contributed by atoms with Crippen molar-refractivity contribution in [3.05, 3.63) is 145 Å². The third-order valence-electron chi connectivity index (χ3n) is 6.91. The van der Waals surface area contributed by atoms with Crippen molar-refractivity contribution >= 4 is 29.3 Å². The Bertz CT molecular complexity index is 1720. The summed E-state index contributed by atoms with van der Waals surface area (Å²) in [5.74, 6) is 0.908. The lowest BCUT2D eigenvalue weighted by Crippen LogP contribution is -2.13. The van der Waals surface area contributed by atoms with Gasteiger partial charge in [-0.3, -0.25) is 4.90 Å². The fourth-order valence-electron chi connectivity index (χ4n) is 4.99. The molecule has 0 atom stereocenters. The molecule has 6 aromatic rings. The molecule has 0 aliphatic carbocycles. The molecule has 4 aromatic carbocycles. The molecule has 0 saturated carbocycles. The van der Waals surface area contributed by atoms with Gasteiger partial charge in [0.15, 0.2) is 0 Å². The summed E-state index contributed by atoms with van der Waals surface area (Å²) in [7, 11) is 0. The van der Waals surface area contributed by atoms with Crippen LogP contribution in [0, 0.1) is 0 Å². The standard InChI is InChI=1S/C34H24N4/c1-2-8-25(9-3-1)26-15-17-27(18-16-26)30-23-36-37(24-30)31-12-6-13-32(22-31)38-33-14-5-4-10-28(33)19-20-29-11-7-21-35-34(29)38/h1-24H. The molecule has 0 unspecified atom stereocenters. The van der Waals surface area contributed by atoms with Crippen LogP contribution in [0.25, 0.3) is 40.1 Å². The van der Waals surface area contributed by atoms with Crippen LogP contribution in [0.5, 0.6) is 0 Å². The number of nitrogens with zero attached hydrogens (tertiary/aromatic N) is 4. The summed E-state index contributed by atoms with van der Waals surface area (Å²) in [6.07, 6.45) is 10.1. The summed E-state index contributed by atoms with van der Waals surface area (Å²) in [6.45, 7) is 0. The Hall–Kier alpha value is -5.22. The van der Waals surface area contributed by atoms with Crippen molar-refractivity contribution in [2.75, 3.05) is 4.90 Å². The van der Waals surface area contributed by atoms with E-state index in [0.29, 0.717) is 0 Å². The Balaban J connectivity index is 1.24. The lowest BCUT2D eigenvalue weighted by molar-refractivity contribution is 0.880. The van der Waals surface area contributed by atoms with Crippen LogP contribution in [0.3, 0.4) is 0 Å². The number of rotatable bonds is 4. The highest BCUT2D eigenvalue weighted by molar-refractivity contribution is 5.91. The van der Waals surface area contributed by atoms with E-state index in [2.05, 4.69) is 126 Å². The van der Waals surface area contributed by atoms with E-state index in [1.807, 2.05) is 29.2 Å². The predicted molar refractivity (Wildman–Crippen MR) is 156 cm³/mol. The first kappa shape index (κ1) is 22.0. The zero-order valence-corrected chi connectivity index (χ0v) is 20.6. The molecule has 0 radical (unpaired) electrons. The fourth-order valence-corrected chi connectivity index (χ4v) is 4.99. The van der Waals surface area contributed by atoms with Gasteiger partial charge in [0.2, 0.25) is 0 Å². The number of para-hydroxylation sites is 1. The summed E-state index contributed by atoms with van der Waals surface area (Å²) in [5, 5.41) is 4.71.